The molecule has 0 radical (unpaired) electrons. The van der Waals surface area contributed by atoms with Gasteiger partial charge in [-0.15, -0.1) is 0 Å². The summed E-state index contributed by atoms with van der Waals surface area (Å²) in [6.45, 7) is 0. The van der Waals surface area contributed by atoms with Crippen LogP contribution in [0.1, 0.15) is 34.5 Å². The zero-order chi connectivity index (χ0) is 31.2. The molecule has 0 fully saturated rings. The summed E-state index contributed by atoms with van der Waals surface area (Å²) in [7, 11) is 0. The summed E-state index contributed by atoms with van der Waals surface area (Å²) < 4.78 is 11.6. The van der Waals surface area contributed by atoms with Crippen LogP contribution in [-0.2, 0) is 9.47 Å². The van der Waals surface area contributed by atoms with Crippen LogP contribution in [0.2, 0.25) is 10.0 Å². The highest BCUT2D eigenvalue weighted by Crippen LogP contribution is 2.44. The van der Waals surface area contributed by atoms with Crippen molar-refractivity contribution in [2.75, 3.05) is 0 Å². The standard InChI is InChI=1S/2C18H11ClN2O/c2*19-15-8-6-14(7-9-15)17-10-16(13-4-2-1-3-5-13)18(11-20,12-21)22-17/h2*1-10,17H/t2*17-/m00/s1. The topological polar surface area (TPSA) is 114 Å². The second-order valence-corrected chi connectivity index (χ2v) is 10.8. The van der Waals surface area contributed by atoms with Crippen molar-refractivity contribution in [1.82, 2.24) is 0 Å². The number of halogens is 2. The average molecular weight is 614 g/mol. The number of ether oxygens (including phenoxy) is 2. The van der Waals surface area contributed by atoms with E-state index in [1.807, 2.05) is 121 Å². The van der Waals surface area contributed by atoms with Crippen molar-refractivity contribution in [2.24, 2.45) is 0 Å². The highest BCUT2D eigenvalue weighted by molar-refractivity contribution is 6.30. The van der Waals surface area contributed by atoms with Crippen molar-refractivity contribution in [3.8, 4) is 24.3 Å². The minimum absolute atomic E-state index is 0.452. The molecular formula is C36H22Cl2N4O2. The predicted octanol–water partition coefficient (Wildman–Crippen LogP) is 8.56. The van der Waals surface area contributed by atoms with Gasteiger partial charge in [-0.1, -0.05) is 108 Å². The molecule has 0 aliphatic carbocycles. The van der Waals surface area contributed by atoms with Crippen molar-refractivity contribution in [3.63, 3.8) is 0 Å². The van der Waals surface area contributed by atoms with Crippen LogP contribution < -0.4 is 0 Å². The molecule has 2 heterocycles. The molecule has 2 aliphatic rings. The maximum atomic E-state index is 9.50. The largest absolute Gasteiger partial charge is 0.332 e. The Morgan fingerprint density at radius 1 is 0.477 bits per heavy atom. The molecule has 8 heteroatoms. The SMILES string of the molecule is N#CC1(C#N)O[C@H](c2ccc(Cl)cc2)C=C1c1ccccc1.N#CC1(C#N)O[C@H](c2ccc(Cl)cc2)C=C1c1ccccc1. The Morgan fingerprint density at radius 2 is 0.795 bits per heavy atom. The van der Waals surface area contributed by atoms with Gasteiger partial charge in [0.25, 0.3) is 11.2 Å². The van der Waals surface area contributed by atoms with Crippen LogP contribution in [0.25, 0.3) is 11.1 Å². The van der Waals surface area contributed by atoms with E-state index in [4.69, 9.17) is 32.7 Å². The third kappa shape index (κ3) is 5.99. The lowest BCUT2D eigenvalue weighted by atomic mass is 9.91. The summed E-state index contributed by atoms with van der Waals surface area (Å²) in [4.78, 5) is 0. The Kier molecular flexibility index (Phi) is 8.94. The van der Waals surface area contributed by atoms with E-state index in [1.54, 1.807) is 24.3 Å². The van der Waals surface area contributed by atoms with E-state index < -0.39 is 23.4 Å². The number of nitriles is 4. The van der Waals surface area contributed by atoms with Crippen molar-refractivity contribution in [1.29, 1.82) is 21.0 Å². The molecule has 4 aromatic rings. The summed E-state index contributed by atoms with van der Waals surface area (Å²) in [5, 5.41) is 39.2. The molecule has 0 aromatic heterocycles. The van der Waals surface area contributed by atoms with E-state index in [2.05, 4.69) is 0 Å². The molecule has 212 valence electrons. The summed E-state index contributed by atoms with van der Waals surface area (Å²) in [5.41, 5.74) is 1.30. The zero-order valence-corrected chi connectivity index (χ0v) is 24.6. The van der Waals surface area contributed by atoms with Crippen molar-refractivity contribution >= 4 is 34.3 Å². The van der Waals surface area contributed by atoms with Crippen molar-refractivity contribution in [2.45, 2.75) is 23.4 Å². The van der Waals surface area contributed by atoms with Gasteiger partial charge in [-0.3, -0.25) is 0 Å². The van der Waals surface area contributed by atoms with Crippen LogP contribution in [0.5, 0.6) is 0 Å². The fraction of sp³-hybridized carbons (Fsp3) is 0.111. The third-order valence-corrected chi connectivity index (χ3v) is 7.70. The van der Waals surface area contributed by atoms with Gasteiger partial charge in [0.1, 0.15) is 36.5 Å². The van der Waals surface area contributed by atoms with E-state index in [-0.39, 0.29) is 0 Å². The first-order valence-corrected chi connectivity index (χ1v) is 14.2. The maximum absolute atomic E-state index is 9.50. The van der Waals surface area contributed by atoms with Crippen LogP contribution in [0.4, 0.5) is 0 Å². The van der Waals surface area contributed by atoms with Crippen molar-refractivity contribution in [3.05, 3.63) is 154 Å². The van der Waals surface area contributed by atoms with E-state index in [0.717, 1.165) is 22.3 Å². The second kappa shape index (κ2) is 13.0. The Labute approximate surface area is 265 Å². The smallest absolute Gasteiger partial charge is 0.268 e. The Hall–Kier alpha value is -5.18. The molecule has 0 bridgehead atoms. The van der Waals surface area contributed by atoms with E-state index in [0.29, 0.717) is 21.2 Å². The predicted molar refractivity (Wildman–Crippen MR) is 167 cm³/mol. The molecule has 0 amide bonds. The molecule has 44 heavy (non-hydrogen) atoms. The minimum atomic E-state index is -1.59. The number of nitrogens with zero attached hydrogens (tertiary/aromatic N) is 4. The molecule has 0 saturated heterocycles. The molecule has 0 spiro atoms. The fourth-order valence-electron chi connectivity index (χ4n) is 4.98. The number of hydrogen-bond acceptors (Lipinski definition) is 6. The first-order valence-electron chi connectivity index (χ1n) is 13.4. The third-order valence-electron chi connectivity index (χ3n) is 7.20. The van der Waals surface area contributed by atoms with Gasteiger partial charge >= 0.3 is 0 Å². The van der Waals surface area contributed by atoms with E-state index in [9.17, 15) is 21.0 Å². The molecule has 4 aromatic carbocycles. The molecule has 6 rings (SSSR count). The quantitative estimate of drug-likeness (QED) is 0.228. The zero-order valence-electron chi connectivity index (χ0n) is 23.1. The molecule has 0 N–H and O–H groups in total. The molecule has 6 nitrogen and oxygen atoms in total. The average Bonchev–Trinajstić information content (AvgIpc) is 3.67. The lowest BCUT2D eigenvalue weighted by molar-refractivity contribution is 0.0526. The van der Waals surface area contributed by atoms with Gasteiger partial charge in [0, 0.05) is 21.2 Å². The first-order chi connectivity index (χ1) is 21.4. The molecule has 0 unspecified atom stereocenters. The second-order valence-electron chi connectivity index (χ2n) is 9.88. The van der Waals surface area contributed by atoms with Gasteiger partial charge in [0.15, 0.2) is 0 Å². The van der Waals surface area contributed by atoms with Gasteiger partial charge in [-0.25, -0.2) is 0 Å². The van der Waals surface area contributed by atoms with Gasteiger partial charge in [-0.2, -0.15) is 21.0 Å². The monoisotopic (exact) mass is 612 g/mol. The van der Waals surface area contributed by atoms with Gasteiger partial charge < -0.3 is 9.47 Å². The van der Waals surface area contributed by atoms with E-state index in [1.165, 1.54) is 0 Å². The van der Waals surface area contributed by atoms with Gasteiger partial charge in [0.05, 0.1) is 0 Å². The summed E-state index contributed by atoms with van der Waals surface area (Å²) >= 11 is 11.8. The minimum Gasteiger partial charge on any atom is -0.332 e. The lowest BCUT2D eigenvalue weighted by Crippen LogP contribution is -2.26. The van der Waals surface area contributed by atoms with Gasteiger partial charge in [0.2, 0.25) is 0 Å². The molecule has 2 aliphatic heterocycles. The van der Waals surface area contributed by atoms with Crippen LogP contribution >= 0.6 is 23.2 Å². The van der Waals surface area contributed by atoms with Crippen LogP contribution in [0.3, 0.4) is 0 Å². The molecular weight excluding hydrogens is 591 g/mol. The Morgan fingerprint density at radius 3 is 1.09 bits per heavy atom. The van der Waals surface area contributed by atoms with Crippen LogP contribution in [0.15, 0.2) is 121 Å². The Bertz CT molecular complexity index is 1710. The summed E-state index contributed by atoms with van der Waals surface area (Å²) in [5.74, 6) is 0. The maximum Gasteiger partial charge on any atom is 0.268 e. The number of rotatable bonds is 4. The summed E-state index contributed by atoms with van der Waals surface area (Å²) in [6.07, 6.45) is 2.74. The molecule has 2 atom stereocenters. The summed E-state index contributed by atoms with van der Waals surface area (Å²) in [6, 6.07) is 41.1. The van der Waals surface area contributed by atoms with Gasteiger partial charge in [-0.05, 0) is 58.7 Å². The van der Waals surface area contributed by atoms with Crippen LogP contribution in [-0.4, -0.2) is 11.2 Å². The van der Waals surface area contributed by atoms with E-state index >= 15 is 0 Å². The normalized spacial score (nSPS) is 19.0. The first kappa shape index (κ1) is 30.3. The van der Waals surface area contributed by atoms with Crippen LogP contribution in [0, 0.1) is 45.3 Å². The number of hydrogen-bond donors (Lipinski definition) is 0. The highest BCUT2D eigenvalue weighted by Gasteiger charge is 2.45. The van der Waals surface area contributed by atoms with Crippen molar-refractivity contribution < 1.29 is 9.47 Å². The fourth-order valence-corrected chi connectivity index (χ4v) is 5.23. The molecule has 0 saturated carbocycles. The number of benzene rings is 4. The highest BCUT2D eigenvalue weighted by atomic mass is 35.5. The lowest BCUT2D eigenvalue weighted by Gasteiger charge is -2.18. The Balaban J connectivity index is 0.000000175.